The van der Waals surface area contributed by atoms with Crippen molar-refractivity contribution in [3.63, 3.8) is 0 Å². The molecular formula is C23H36N2O3. The minimum atomic E-state index is -0.824. The Bertz CT molecular complexity index is 688. The molecule has 2 aliphatic heterocycles. The first-order chi connectivity index (χ1) is 13.1. The minimum absolute atomic E-state index is 0.00115. The summed E-state index contributed by atoms with van der Waals surface area (Å²) in [7, 11) is 0. The maximum atomic E-state index is 11.6. The van der Waals surface area contributed by atoms with Crippen LogP contribution in [-0.4, -0.2) is 59.3 Å². The number of ether oxygens (including phenoxy) is 1. The summed E-state index contributed by atoms with van der Waals surface area (Å²) >= 11 is 0. The zero-order chi connectivity index (χ0) is 20.5. The summed E-state index contributed by atoms with van der Waals surface area (Å²) in [5, 5.41) is 9.55. The van der Waals surface area contributed by atoms with Crippen LogP contribution in [0.15, 0.2) is 18.2 Å². The highest BCUT2D eigenvalue weighted by atomic mass is 16.5. The van der Waals surface area contributed by atoms with E-state index in [0.717, 1.165) is 38.1 Å². The summed E-state index contributed by atoms with van der Waals surface area (Å²) in [4.78, 5) is 15.7. The third-order valence-corrected chi connectivity index (χ3v) is 6.37. The quantitative estimate of drug-likeness (QED) is 0.822. The SMILES string of the molecule is CC(C)N1CCC(Oc2ccc3c(c2)CCN(C(=O)O)CC3C(C)(C)C)CC1. The number of hydrogen-bond donors (Lipinski definition) is 1. The van der Waals surface area contributed by atoms with Crippen LogP contribution in [0.4, 0.5) is 4.79 Å². The van der Waals surface area contributed by atoms with Crippen molar-refractivity contribution in [1.29, 1.82) is 0 Å². The fraction of sp³-hybridized carbons (Fsp3) is 0.696. The second-order valence-corrected chi connectivity index (χ2v) is 9.70. The molecule has 3 rings (SSSR count). The molecule has 1 amide bonds. The van der Waals surface area contributed by atoms with Gasteiger partial charge < -0.3 is 19.6 Å². The number of amides is 1. The van der Waals surface area contributed by atoms with Gasteiger partial charge in [0.1, 0.15) is 11.9 Å². The van der Waals surface area contributed by atoms with Gasteiger partial charge in [-0.1, -0.05) is 26.8 Å². The Kier molecular flexibility index (Phi) is 6.23. The molecule has 2 heterocycles. The van der Waals surface area contributed by atoms with Gasteiger partial charge in [-0.25, -0.2) is 4.79 Å². The standard InChI is InChI=1S/C23H36N2O3/c1-16(2)24-12-9-18(10-13-24)28-19-6-7-20-17(14-19)8-11-25(22(26)27)15-21(20)23(3,4)5/h6-7,14,16,18,21H,8-13,15H2,1-5H3,(H,26,27). The highest BCUT2D eigenvalue weighted by Crippen LogP contribution is 2.40. The number of hydrogen-bond acceptors (Lipinski definition) is 3. The zero-order valence-electron chi connectivity index (χ0n) is 18.1. The molecule has 1 aromatic carbocycles. The summed E-state index contributed by atoms with van der Waals surface area (Å²) in [5.41, 5.74) is 2.51. The van der Waals surface area contributed by atoms with Crippen molar-refractivity contribution in [2.75, 3.05) is 26.2 Å². The number of piperidine rings is 1. The first-order valence-corrected chi connectivity index (χ1v) is 10.7. The monoisotopic (exact) mass is 388 g/mol. The van der Waals surface area contributed by atoms with Gasteiger partial charge in [0.05, 0.1) is 0 Å². The highest BCUT2D eigenvalue weighted by Gasteiger charge is 2.34. The fourth-order valence-corrected chi connectivity index (χ4v) is 4.49. The minimum Gasteiger partial charge on any atom is -0.490 e. The molecular weight excluding hydrogens is 352 g/mol. The Labute approximate surface area is 169 Å². The van der Waals surface area contributed by atoms with Crippen LogP contribution in [0, 0.1) is 5.41 Å². The van der Waals surface area contributed by atoms with Gasteiger partial charge in [-0.05, 0) is 61.8 Å². The molecule has 1 atom stereocenters. The molecule has 1 N–H and O–H groups in total. The molecule has 0 aliphatic carbocycles. The second-order valence-electron chi connectivity index (χ2n) is 9.70. The molecule has 1 aromatic rings. The summed E-state index contributed by atoms with van der Waals surface area (Å²) in [6.45, 7) is 14.4. The van der Waals surface area contributed by atoms with E-state index < -0.39 is 6.09 Å². The van der Waals surface area contributed by atoms with E-state index in [-0.39, 0.29) is 17.4 Å². The number of carboxylic acid groups (broad SMARTS) is 1. The van der Waals surface area contributed by atoms with E-state index in [1.165, 1.54) is 11.1 Å². The van der Waals surface area contributed by atoms with E-state index >= 15 is 0 Å². The van der Waals surface area contributed by atoms with E-state index in [2.05, 4.69) is 57.7 Å². The molecule has 0 spiro atoms. The van der Waals surface area contributed by atoms with Gasteiger partial charge in [0, 0.05) is 38.1 Å². The maximum Gasteiger partial charge on any atom is 0.407 e. The van der Waals surface area contributed by atoms with E-state index in [1.54, 1.807) is 4.90 Å². The molecule has 1 fully saturated rings. The van der Waals surface area contributed by atoms with Crippen molar-refractivity contribution in [3.8, 4) is 5.75 Å². The third kappa shape index (κ3) is 4.80. The molecule has 5 heteroatoms. The van der Waals surface area contributed by atoms with Gasteiger partial charge in [0.2, 0.25) is 0 Å². The molecule has 1 saturated heterocycles. The first-order valence-electron chi connectivity index (χ1n) is 10.7. The van der Waals surface area contributed by atoms with Crippen molar-refractivity contribution >= 4 is 6.09 Å². The summed E-state index contributed by atoms with van der Waals surface area (Å²) < 4.78 is 6.33. The number of likely N-dealkylation sites (tertiary alicyclic amines) is 1. The van der Waals surface area contributed by atoms with Crippen LogP contribution in [0.25, 0.3) is 0 Å². The molecule has 0 radical (unpaired) electrons. The first kappa shape index (κ1) is 21.0. The van der Waals surface area contributed by atoms with Crippen molar-refractivity contribution in [1.82, 2.24) is 9.80 Å². The third-order valence-electron chi connectivity index (χ3n) is 6.37. The van der Waals surface area contributed by atoms with Gasteiger partial charge >= 0.3 is 6.09 Å². The lowest BCUT2D eigenvalue weighted by molar-refractivity contribution is 0.0842. The van der Waals surface area contributed by atoms with Crippen molar-refractivity contribution in [2.45, 2.75) is 71.9 Å². The molecule has 0 saturated carbocycles. The molecule has 28 heavy (non-hydrogen) atoms. The molecule has 5 nitrogen and oxygen atoms in total. The Balaban J connectivity index is 1.76. The molecule has 2 aliphatic rings. The van der Waals surface area contributed by atoms with Crippen LogP contribution in [0.5, 0.6) is 5.75 Å². The van der Waals surface area contributed by atoms with Gasteiger partial charge in [0.15, 0.2) is 0 Å². The molecule has 156 valence electrons. The molecule has 0 aromatic heterocycles. The van der Waals surface area contributed by atoms with Gasteiger partial charge in [-0.3, -0.25) is 0 Å². The van der Waals surface area contributed by atoms with Crippen molar-refractivity contribution < 1.29 is 14.6 Å². The van der Waals surface area contributed by atoms with E-state index in [4.69, 9.17) is 4.74 Å². The predicted molar refractivity (Wildman–Crippen MR) is 112 cm³/mol. The lowest BCUT2D eigenvalue weighted by Crippen LogP contribution is -2.41. The van der Waals surface area contributed by atoms with Crippen LogP contribution in [0.2, 0.25) is 0 Å². The average Bonchev–Trinajstić information content (AvgIpc) is 2.81. The second kappa shape index (κ2) is 8.32. The highest BCUT2D eigenvalue weighted by molar-refractivity contribution is 5.65. The molecule has 1 unspecified atom stereocenters. The number of benzene rings is 1. The van der Waals surface area contributed by atoms with Crippen LogP contribution < -0.4 is 4.74 Å². The summed E-state index contributed by atoms with van der Waals surface area (Å²) in [6.07, 6.45) is 2.32. The van der Waals surface area contributed by atoms with Crippen molar-refractivity contribution in [2.24, 2.45) is 5.41 Å². The average molecular weight is 389 g/mol. The number of rotatable bonds is 3. The predicted octanol–water partition coefficient (Wildman–Crippen LogP) is 4.60. The largest absolute Gasteiger partial charge is 0.490 e. The lowest BCUT2D eigenvalue weighted by Gasteiger charge is -2.35. The summed E-state index contributed by atoms with van der Waals surface area (Å²) in [6, 6.07) is 7.02. The van der Waals surface area contributed by atoms with E-state index in [9.17, 15) is 9.90 Å². The topological polar surface area (TPSA) is 53.0 Å². The summed E-state index contributed by atoms with van der Waals surface area (Å²) in [5.74, 6) is 1.11. The van der Waals surface area contributed by atoms with Gasteiger partial charge in [-0.15, -0.1) is 0 Å². The zero-order valence-corrected chi connectivity index (χ0v) is 18.1. The fourth-order valence-electron chi connectivity index (χ4n) is 4.49. The normalized spacial score (nSPS) is 22.1. The molecule has 0 bridgehead atoms. The van der Waals surface area contributed by atoms with Gasteiger partial charge in [-0.2, -0.15) is 0 Å². The number of nitrogens with zero attached hydrogens (tertiary/aromatic N) is 2. The van der Waals surface area contributed by atoms with Crippen LogP contribution in [-0.2, 0) is 6.42 Å². The van der Waals surface area contributed by atoms with E-state index in [1.807, 2.05) is 0 Å². The smallest absolute Gasteiger partial charge is 0.407 e. The Morgan fingerprint density at radius 3 is 2.43 bits per heavy atom. The van der Waals surface area contributed by atoms with Crippen LogP contribution in [0.1, 0.15) is 64.5 Å². The Morgan fingerprint density at radius 1 is 1.18 bits per heavy atom. The number of fused-ring (bicyclic) bond motifs is 1. The van der Waals surface area contributed by atoms with Crippen LogP contribution >= 0.6 is 0 Å². The van der Waals surface area contributed by atoms with E-state index in [0.29, 0.717) is 19.1 Å². The van der Waals surface area contributed by atoms with Crippen molar-refractivity contribution in [3.05, 3.63) is 29.3 Å². The van der Waals surface area contributed by atoms with Crippen LogP contribution in [0.3, 0.4) is 0 Å². The maximum absolute atomic E-state index is 11.6. The number of carbonyl (C=O) groups is 1. The Hall–Kier alpha value is -1.75. The lowest BCUT2D eigenvalue weighted by atomic mass is 9.75. The Morgan fingerprint density at radius 2 is 1.86 bits per heavy atom. The van der Waals surface area contributed by atoms with Gasteiger partial charge in [0.25, 0.3) is 0 Å².